The summed E-state index contributed by atoms with van der Waals surface area (Å²) in [6, 6.07) is 7.94. The molecular weight excluding hydrogens is 338 g/mol. The highest BCUT2D eigenvalue weighted by atomic mass is 32.2. The summed E-state index contributed by atoms with van der Waals surface area (Å²) in [6.45, 7) is 0.948. The molecule has 0 atom stereocenters. The van der Waals surface area contributed by atoms with Crippen LogP contribution in [-0.2, 0) is 17.1 Å². The van der Waals surface area contributed by atoms with Crippen molar-refractivity contribution in [2.75, 3.05) is 13.1 Å². The fourth-order valence-electron chi connectivity index (χ4n) is 3.30. The number of sulfonamides is 1. The molecule has 1 aliphatic rings. The lowest BCUT2D eigenvalue weighted by Crippen LogP contribution is -2.39. The van der Waals surface area contributed by atoms with Gasteiger partial charge in [0.1, 0.15) is 0 Å². The molecule has 3 aromatic rings. The van der Waals surface area contributed by atoms with Crippen LogP contribution in [0.2, 0.25) is 0 Å². The molecule has 130 valence electrons. The zero-order valence-corrected chi connectivity index (χ0v) is 14.7. The Labute approximate surface area is 146 Å². The van der Waals surface area contributed by atoms with Crippen molar-refractivity contribution < 1.29 is 8.42 Å². The molecule has 0 bridgehead atoms. The number of aryl methyl sites for hydroxylation is 1. The lowest BCUT2D eigenvalue weighted by molar-refractivity contribution is 0.314. The number of imidazole rings is 1. The first-order chi connectivity index (χ1) is 12.1. The number of piperidine rings is 1. The number of pyridine rings is 2. The highest BCUT2D eigenvalue weighted by Crippen LogP contribution is 2.30. The van der Waals surface area contributed by atoms with Crippen molar-refractivity contribution in [1.82, 2.24) is 23.8 Å². The van der Waals surface area contributed by atoms with Crippen LogP contribution in [-0.4, -0.2) is 45.3 Å². The molecule has 0 unspecified atom stereocenters. The third kappa shape index (κ3) is 2.91. The Kier molecular flexibility index (Phi) is 4.01. The summed E-state index contributed by atoms with van der Waals surface area (Å²) in [4.78, 5) is 12.9. The highest BCUT2D eigenvalue weighted by Gasteiger charge is 2.32. The van der Waals surface area contributed by atoms with Crippen molar-refractivity contribution in [3.63, 3.8) is 0 Å². The van der Waals surface area contributed by atoms with Crippen LogP contribution in [0.5, 0.6) is 0 Å². The van der Waals surface area contributed by atoms with Crippen molar-refractivity contribution in [2.45, 2.75) is 23.9 Å². The Morgan fingerprint density at radius 3 is 2.60 bits per heavy atom. The first kappa shape index (κ1) is 16.2. The van der Waals surface area contributed by atoms with Crippen LogP contribution in [0.15, 0.2) is 48.0 Å². The molecule has 4 rings (SSSR count). The van der Waals surface area contributed by atoms with E-state index in [9.17, 15) is 8.42 Å². The SMILES string of the molecule is Cn1ccnc1S(=O)(=O)N1CCC(c2ccc3cccnc3n2)CC1. The van der Waals surface area contributed by atoms with E-state index >= 15 is 0 Å². The van der Waals surface area contributed by atoms with E-state index in [1.807, 2.05) is 24.3 Å². The maximum atomic E-state index is 12.7. The van der Waals surface area contributed by atoms with Crippen molar-refractivity contribution in [2.24, 2.45) is 7.05 Å². The third-order valence-electron chi connectivity index (χ3n) is 4.71. The summed E-state index contributed by atoms with van der Waals surface area (Å²) in [5, 5.41) is 1.11. The van der Waals surface area contributed by atoms with E-state index in [0.717, 1.165) is 29.6 Å². The zero-order valence-electron chi connectivity index (χ0n) is 13.9. The van der Waals surface area contributed by atoms with Gasteiger partial charge in [0.25, 0.3) is 10.0 Å². The van der Waals surface area contributed by atoms with E-state index < -0.39 is 10.0 Å². The van der Waals surface area contributed by atoms with Gasteiger partial charge in [-0.25, -0.2) is 23.4 Å². The van der Waals surface area contributed by atoms with Gasteiger partial charge in [-0.3, -0.25) is 0 Å². The van der Waals surface area contributed by atoms with Gasteiger partial charge in [-0.05, 0) is 37.1 Å². The van der Waals surface area contributed by atoms with Crippen molar-refractivity contribution in [3.8, 4) is 0 Å². The topological polar surface area (TPSA) is 81.0 Å². The summed E-state index contributed by atoms with van der Waals surface area (Å²) in [5.41, 5.74) is 1.73. The highest BCUT2D eigenvalue weighted by molar-refractivity contribution is 7.89. The van der Waals surface area contributed by atoms with E-state index in [2.05, 4.69) is 15.0 Å². The molecule has 0 aromatic carbocycles. The van der Waals surface area contributed by atoms with E-state index in [1.165, 1.54) is 15.1 Å². The molecule has 8 heteroatoms. The molecule has 1 aliphatic heterocycles. The third-order valence-corrected chi connectivity index (χ3v) is 6.61. The van der Waals surface area contributed by atoms with Gasteiger partial charge in [0, 0.05) is 55.7 Å². The molecule has 1 saturated heterocycles. The summed E-state index contributed by atoms with van der Waals surface area (Å²) < 4.78 is 28.5. The molecular formula is C17H19N5O2S. The van der Waals surface area contributed by atoms with Crippen LogP contribution in [0, 0.1) is 0 Å². The van der Waals surface area contributed by atoms with Crippen molar-refractivity contribution in [3.05, 3.63) is 48.5 Å². The fourth-order valence-corrected chi connectivity index (χ4v) is 4.84. The minimum absolute atomic E-state index is 0.0963. The van der Waals surface area contributed by atoms with Gasteiger partial charge in [0.2, 0.25) is 5.16 Å². The van der Waals surface area contributed by atoms with Crippen LogP contribution in [0.4, 0.5) is 0 Å². The fraction of sp³-hybridized carbons (Fsp3) is 0.353. The van der Waals surface area contributed by atoms with Crippen molar-refractivity contribution >= 4 is 21.1 Å². The first-order valence-corrected chi connectivity index (χ1v) is 9.69. The minimum Gasteiger partial charge on any atom is -0.324 e. The average molecular weight is 357 g/mol. The molecule has 0 radical (unpaired) electrons. The number of aromatic nitrogens is 4. The van der Waals surface area contributed by atoms with Crippen LogP contribution in [0.25, 0.3) is 11.0 Å². The molecule has 0 amide bonds. The summed E-state index contributed by atoms with van der Waals surface area (Å²) in [7, 11) is -1.84. The lowest BCUT2D eigenvalue weighted by Gasteiger charge is -2.30. The minimum atomic E-state index is -3.54. The molecule has 0 saturated carbocycles. The first-order valence-electron chi connectivity index (χ1n) is 8.25. The number of nitrogens with zero attached hydrogens (tertiary/aromatic N) is 5. The Balaban J connectivity index is 1.52. The van der Waals surface area contributed by atoms with Gasteiger partial charge in [-0.2, -0.15) is 4.31 Å². The summed E-state index contributed by atoms with van der Waals surface area (Å²) in [6.07, 6.45) is 6.38. The van der Waals surface area contributed by atoms with E-state index in [-0.39, 0.29) is 11.1 Å². The van der Waals surface area contributed by atoms with Gasteiger partial charge in [-0.15, -0.1) is 0 Å². The van der Waals surface area contributed by atoms with Gasteiger partial charge >= 0.3 is 0 Å². The van der Waals surface area contributed by atoms with Crippen LogP contribution in [0.3, 0.4) is 0 Å². The standard InChI is InChI=1S/C17H19N5O2S/c1-21-12-9-19-17(21)25(23,24)22-10-6-13(7-11-22)15-5-4-14-3-2-8-18-16(14)20-15/h2-5,8-9,12-13H,6-7,10-11H2,1H3. The predicted octanol–water partition coefficient (Wildman–Crippen LogP) is 1.93. The monoisotopic (exact) mass is 357 g/mol. The normalized spacial score (nSPS) is 17.2. The van der Waals surface area contributed by atoms with Gasteiger partial charge in [0.05, 0.1) is 0 Å². The lowest BCUT2D eigenvalue weighted by atomic mass is 9.94. The summed E-state index contributed by atoms with van der Waals surface area (Å²) >= 11 is 0. The van der Waals surface area contributed by atoms with Crippen molar-refractivity contribution in [1.29, 1.82) is 0 Å². The average Bonchev–Trinajstić information content (AvgIpc) is 3.08. The largest absolute Gasteiger partial charge is 0.324 e. The number of hydrogen-bond donors (Lipinski definition) is 0. The molecule has 1 fully saturated rings. The van der Waals surface area contributed by atoms with Crippen LogP contribution < -0.4 is 0 Å². The predicted molar refractivity (Wildman–Crippen MR) is 93.5 cm³/mol. The van der Waals surface area contributed by atoms with Gasteiger partial charge in [0.15, 0.2) is 5.65 Å². The maximum Gasteiger partial charge on any atom is 0.276 e. The molecule has 3 aromatic heterocycles. The molecule has 0 spiro atoms. The second-order valence-corrected chi connectivity index (χ2v) is 8.12. The Hall–Kier alpha value is -2.32. The Morgan fingerprint density at radius 1 is 1.08 bits per heavy atom. The Morgan fingerprint density at radius 2 is 1.88 bits per heavy atom. The number of fused-ring (bicyclic) bond motifs is 1. The van der Waals surface area contributed by atoms with Gasteiger partial charge in [-0.1, -0.05) is 0 Å². The van der Waals surface area contributed by atoms with E-state index in [1.54, 1.807) is 19.4 Å². The zero-order chi connectivity index (χ0) is 17.4. The van der Waals surface area contributed by atoms with Crippen LogP contribution in [0.1, 0.15) is 24.5 Å². The molecule has 25 heavy (non-hydrogen) atoms. The van der Waals surface area contributed by atoms with Gasteiger partial charge < -0.3 is 4.57 Å². The number of hydrogen-bond acceptors (Lipinski definition) is 5. The number of rotatable bonds is 3. The van der Waals surface area contributed by atoms with E-state index in [4.69, 9.17) is 0 Å². The smallest absolute Gasteiger partial charge is 0.276 e. The second kappa shape index (κ2) is 6.20. The van der Waals surface area contributed by atoms with Crippen LogP contribution >= 0.6 is 0 Å². The Bertz CT molecular complexity index is 1010. The molecule has 0 aliphatic carbocycles. The molecule has 4 heterocycles. The quantitative estimate of drug-likeness (QED) is 0.715. The van der Waals surface area contributed by atoms with E-state index in [0.29, 0.717) is 13.1 Å². The molecule has 0 N–H and O–H groups in total. The summed E-state index contributed by atoms with van der Waals surface area (Å²) in [5.74, 6) is 0.249. The second-order valence-electron chi connectivity index (χ2n) is 6.29. The molecule has 7 nitrogen and oxygen atoms in total. The maximum absolute atomic E-state index is 12.7.